The zero-order chi connectivity index (χ0) is 15.1. The van der Waals surface area contributed by atoms with Crippen molar-refractivity contribution in [1.29, 1.82) is 0 Å². The van der Waals surface area contributed by atoms with Gasteiger partial charge in [-0.15, -0.1) is 0 Å². The Morgan fingerprint density at radius 2 is 2.20 bits per heavy atom. The highest BCUT2D eigenvalue weighted by atomic mass is 16.6. The molecule has 0 aliphatic carbocycles. The number of rotatable bonds is 7. The van der Waals surface area contributed by atoms with Gasteiger partial charge in [0.1, 0.15) is 0 Å². The lowest BCUT2D eigenvalue weighted by Gasteiger charge is -2.14. The molecule has 0 aromatic carbocycles. The van der Waals surface area contributed by atoms with Crippen LogP contribution >= 0.6 is 0 Å². The zero-order valence-corrected chi connectivity index (χ0v) is 11.6. The fourth-order valence-corrected chi connectivity index (χ4v) is 1.52. The van der Waals surface area contributed by atoms with E-state index in [1.54, 1.807) is 7.11 Å². The second-order valence-electron chi connectivity index (χ2n) is 4.14. The molecule has 110 valence electrons. The third-order valence-electron chi connectivity index (χ3n) is 2.60. The Kier molecular flexibility index (Phi) is 5.85. The van der Waals surface area contributed by atoms with Gasteiger partial charge >= 0.3 is 11.7 Å². The standard InChI is InChI=1S/C12H17N3O5/c1-8(6-7-19-2)13-11-10(15(17)18)5-4-9(14-11)12(16)20-3/h4-5,8H,6-7H2,1-3H3,(H,13,14). The zero-order valence-electron chi connectivity index (χ0n) is 11.6. The van der Waals surface area contributed by atoms with E-state index in [9.17, 15) is 14.9 Å². The van der Waals surface area contributed by atoms with Crippen LogP contribution < -0.4 is 5.32 Å². The maximum Gasteiger partial charge on any atom is 0.356 e. The number of hydrogen-bond donors (Lipinski definition) is 1. The van der Waals surface area contributed by atoms with E-state index < -0.39 is 10.9 Å². The summed E-state index contributed by atoms with van der Waals surface area (Å²) >= 11 is 0. The molecular formula is C12H17N3O5. The van der Waals surface area contributed by atoms with Crippen molar-refractivity contribution in [3.05, 3.63) is 27.9 Å². The molecule has 1 aromatic rings. The van der Waals surface area contributed by atoms with Crippen LogP contribution in [0.4, 0.5) is 11.5 Å². The molecule has 1 unspecified atom stereocenters. The van der Waals surface area contributed by atoms with Gasteiger partial charge in [-0.1, -0.05) is 0 Å². The summed E-state index contributed by atoms with van der Waals surface area (Å²) in [6, 6.07) is 2.40. The maximum atomic E-state index is 11.4. The van der Waals surface area contributed by atoms with Crippen LogP contribution in [0.1, 0.15) is 23.8 Å². The Morgan fingerprint density at radius 3 is 2.75 bits per heavy atom. The molecule has 1 rings (SSSR count). The van der Waals surface area contributed by atoms with Gasteiger partial charge in [-0.3, -0.25) is 10.1 Å². The van der Waals surface area contributed by atoms with Crippen LogP contribution in [-0.2, 0) is 9.47 Å². The molecule has 0 spiro atoms. The van der Waals surface area contributed by atoms with Gasteiger partial charge in [-0.2, -0.15) is 0 Å². The van der Waals surface area contributed by atoms with Crippen LogP contribution in [0.3, 0.4) is 0 Å². The molecule has 8 nitrogen and oxygen atoms in total. The molecule has 0 radical (unpaired) electrons. The topological polar surface area (TPSA) is 104 Å². The molecule has 1 heterocycles. The number of carbonyl (C=O) groups excluding carboxylic acids is 1. The first kappa shape index (κ1) is 15.8. The molecular weight excluding hydrogens is 266 g/mol. The van der Waals surface area contributed by atoms with Crippen molar-refractivity contribution in [2.75, 3.05) is 26.1 Å². The fourth-order valence-electron chi connectivity index (χ4n) is 1.52. The van der Waals surface area contributed by atoms with Crippen molar-refractivity contribution >= 4 is 17.5 Å². The van der Waals surface area contributed by atoms with Crippen LogP contribution in [0.5, 0.6) is 0 Å². The van der Waals surface area contributed by atoms with Crippen LogP contribution in [0.2, 0.25) is 0 Å². The molecule has 0 saturated heterocycles. The quantitative estimate of drug-likeness (QED) is 0.460. The first-order valence-electron chi connectivity index (χ1n) is 5.98. The van der Waals surface area contributed by atoms with Gasteiger partial charge in [-0.05, 0) is 19.4 Å². The average molecular weight is 283 g/mol. The highest BCUT2D eigenvalue weighted by Crippen LogP contribution is 2.23. The number of esters is 1. The Bertz CT molecular complexity index is 492. The van der Waals surface area contributed by atoms with Crippen LogP contribution in [0, 0.1) is 10.1 Å². The van der Waals surface area contributed by atoms with Gasteiger partial charge < -0.3 is 14.8 Å². The molecule has 0 aliphatic heterocycles. The Balaban J connectivity index is 2.99. The summed E-state index contributed by atoms with van der Waals surface area (Å²) < 4.78 is 9.48. The third kappa shape index (κ3) is 4.16. The lowest BCUT2D eigenvalue weighted by molar-refractivity contribution is -0.384. The molecule has 0 aliphatic rings. The number of aromatic nitrogens is 1. The van der Waals surface area contributed by atoms with Crippen LogP contribution in [0.15, 0.2) is 12.1 Å². The smallest absolute Gasteiger partial charge is 0.356 e. The van der Waals surface area contributed by atoms with Gasteiger partial charge in [0.15, 0.2) is 5.69 Å². The highest BCUT2D eigenvalue weighted by Gasteiger charge is 2.20. The number of carbonyl (C=O) groups is 1. The predicted octanol–water partition coefficient (Wildman–Crippen LogP) is 1.61. The molecule has 0 amide bonds. The van der Waals surface area contributed by atoms with Gasteiger partial charge in [-0.25, -0.2) is 9.78 Å². The van der Waals surface area contributed by atoms with E-state index in [-0.39, 0.29) is 23.2 Å². The maximum absolute atomic E-state index is 11.4. The van der Waals surface area contributed by atoms with Gasteiger partial charge in [0.05, 0.1) is 12.0 Å². The van der Waals surface area contributed by atoms with E-state index in [2.05, 4.69) is 15.0 Å². The molecule has 0 bridgehead atoms. The summed E-state index contributed by atoms with van der Waals surface area (Å²) in [5.74, 6) is -0.603. The largest absolute Gasteiger partial charge is 0.464 e. The average Bonchev–Trinajstić information content (AvgIpc) is 2.43. The van der Waals surface area contributed by atoms with E-state index in [1.165, 1.54) is 19.2 Å². The number of nitrogens with one attached hydrogen (secondary N) is 1. The second kappa shape index (κ2) is 7.39. The van der Waals surface area contributed by atoms with Gasteiger partial charge in [0, 0.05) is 25.8 Å². The molecule has 0 saturated carbocycles. The van der Waals surface area contributed by atoms with Crippen molar-refractivity contribution in [3.63, 3.8) is 0 Å². The second-order valence-corrected chi connectivity index (χ2v) is 4.14. The van der Waals surface area contributed by atoms with Crippen molar-refractivity contribution < 1.29 is 19.2 Å². The summed E-state index contributed by atoms with van der Waals surface area (Å²) in [6.07, 6.45) is 0.651. The first-order valence-corrected chi connectivity index (χ1v) is 5.98. The normalized spacial score (nSPS) is 11.8. The Hall–Kier alpha value is -2.22. The van der Waals surface area contributed by atoms with Crippen molar-refractivity contribution in [3.8, 4) is 0 Å². The number of anilines is 1. The summed E-state index contributed by atoms with van der Waals surface area (Å²) in [7, 11) is 2.80. The van der Waals surface area contributed by atoms with E-state index in [1.807, 2.05) is 6.92 Å². The third-order valence-corrected chi connectivity index (χ3v) is 2.60. The number of pyridine rings is 1. The van der Waals surface area contributed by atoms with Crippen molar-refractivity contribution in [2.45, 2.75) is 19.4 Å². The van der Waals surface area contributed by atoms with Crippen molar-refractivity contribution in [1.82, 2.24) is 4.98 Å². The number of methoxy groups -OCH3 is 2. The van der Waals surface area contributed by atoms with Gasteiger partial charge in [0.2, 0.25) is 5.82 Å². The lowest BCUT2D eigenvalue weighted by atomic mass is 10.2. The minimum Gasteiger partial charge on any atom is -0.464 e. The number of nitrogens with zero attached hydrogens (tertiary/aromatic N) is 2. The van der Waals surface area contributed by atoms with E-state index >= 15 is 0 Å². The monoisotopic (exact) mass is 283 g/mol. The summed E-state index contributed by atoms with van der Waals surface area (Å²) in [6.45, 7) is 2.36. The van der Waals surface area contributed by atoms with Crippen LogP contribution in [0.25, 0.3) is 0 Å². The lowest BCUT2D eigenvalue weighted by Crippen LogP contribution is -2.20. The van der Waals surface area contributed by atoms with Gasteiger partial charge in [0.25, 0.3) is 0 Å². The number of nitro groups is 1. The minimum absolute atomic E-state index is 0.0135. The molecule has 20 heavy (non-hydrogen) atoms. The Labute approximate surface area is 116 Å². The number of hydrogen-bond acceptors (Lipinski definition) is 7. The molecule has 1 N–H and O–H groups in total. The van der Waals surface area contributed by atoms with E-state index in [0.29, 0.717) is 13.0 Å². The SMILES string of the molecule is COCCC(C)Nc1nc(C(=O)OC)ccc1[N+](=O)[O-]. The van der Waals surface area contributed by atoms with E-state index in [4.69, 9.17) is 4.74 Å². The molecule has 0 fully saturated rings. The fraction of sp³-hybridized carbons (Fsp3) is 0.500. The summed E-state index contributed by atoms with van der Waals surface area (Å²) in [4.78, 5) is 25.7. The number of ether oxygens (including phenoxy) is 2. The summed E-state index contributed by atoms with van der Waals surface area (Å²) in [5.41, 5.74) is -0.179. The summed E-state index contributed by atoms with van der Waals surface area (Å²) in [5, 5.41) is 13.9. The first-order chi connectivity index (χ1) is 9.49. The Morgan fingerprint density at radius 1 is 1.50 bits per heavy atom. The minimum atomic E-state index is -0.646. The van der Waals surface area contributed by atoms with Crippen molar-refractivity contribution in [2.24, 2.45) is 0 Å². The highest BCUT2D eigenvalue weighted by molar-refractivity contribution is 5.88. The molecule has 8 heteroatoms. The molecule has 1 atom stereocenters. The van der Waals surface area contributed by atoms with Crippen LogP contribution in [-0.4, -0.2) is 42.7 Å². The molecule has 1 aromatic heterocycles. The predicted molar refractivity (Wildman–Crippen MR) is 71.8 cm³/mol. The van der Waals surface area contributed by atoms with E-state index in [0.717, 1.165) is 0 Å².